The van der Waals surface area contributed by atoms with Crippen LogP contribution >= 0.6 is 0 Å². The summed E-state index contributed by atoms with van der Waals surface area (Å²) in [6.07, 6.45) is 1.70. The van der Waals surface area contributed by atoms with Crippen molar-refractivity contribution in [3.63, 3.8) is 0 Å². The Bertz CT molecular complexity index is 276. The molecule has 0 aliphatic carbocycles. The van der Waals surface area contributed by atoms with Crippen LogP contribution in [0.2, 0.25) is 0 Å². The molecular formula is C10H14O4. The predicted molar refractivity (Wildman–Crippen MR) is 51.8 cm³/mol. The Balaban J connectivity index is 3.90. The Morgan fingerprint density at radius 2 is 2.07 bits per heavy atom. The Kier molecular flexibility index (Phi) is 5.29. The summed E-state index contributed by atoms with van der Waals surface area (Å²) in [6, 6.07) is 0. The Labute approximate surface area is 82.9 Å². The van der Waals surface area contributed by atoms with Gasteiger partial charge in [-0.2, -0.15) is 0 Å². The molecule has 0 fully saturated rings. The van der Waals surface area contributed by atoms with Gasteiger partial charge in [0.25, 0.3) is 0 Å². The minimum Gasteiger partial charge on any atom is -0.478 e. The third-order valence-corrected chi connectivity index (χ3v) is 1.58. The topological polar surface area (TPSA) is 63.6 Å². The molecule has 4 nitrogen and oxygen atoms in total. The van der Waals surface area contributed by atoms with Crippen molar-refractivity contribution in [2.45, 2.75) is 20.3 Å². The molecule has 0 radical (unpaired) electrons. The van der Waals surface area contributed by atoms with Gasteiger partial charge in [-0.1, -0.05) is 12.7 Å². The van der Waals surface area contributed by atoms with E-state index in [1.165, 1.54) is 13.0 Å². The van der Waals surface area contributed by atoms with Crippen LogP contribution in [-0.2, 0) is 14.3 Å². The van der Waals surface area contributed by atoms with Gasteiger partial charge in [-0.3, -0.25) is 0 Å². The smallest absolute Gasteiger partial charge is 0.333 e. The lowest BCUT2D eigenvalue weighted by Gasteiger charge is -2.04. The summed E-state index contributed by atoms with van der Waals surface area (Å²) in [5, 5.41) is 8.62. The molecule has 0 saturated carbocycles. The van der Waals surface area contributed by atoms with E-state index in [1.54, 1.807) is 6.92 Å². The monoisotopic (exact) mass is 198 g/mol. The second kappa shape index (κ2) is 5.96. The molecule has 0 rings (SSSR count). The van der Waals surface area contributed by atoms with E-state index < -0.39 is 11.9 Å². The number of esters is 1. The molecular weight excluding hydrogens is 184 g/mol. The van der Waals surface area contributed by atoms with Crippen molar-refractivity contribution < 1.29 is 19.4 Å². The van der Waals surface area contributed by atoms with E-state index in [1.807, 2.05) is 0 Å². The number of aliphatic carboxylic acids is 1. The third kappa shape index (κ3) is 4.45. The number of allylic oxidation sites excluding steroid dienone is 1. The van der Waals surface area contributed by atoms with E-state index in [2.05, 4.69) is 6.58 Å². The van der Waals surface area contributed by atoms with Crippen molar-refractivity contribution in [1.29, 1.82) is 0 Å². The molecule has 1 N–H and O–H groups in total. The molecule has 14 heavy (non-hydrogen) atoms. The number of carbonyl (C=O) groups excluding carboxylic acids is 1. The van der Waals surface area contributed by atoms with Gasteiger partial charge in [0.15, 0.2) is 0 Å². The SMILES string of the molecule is C=C(C)C(=O)OCCC(=CC)C(=O)O. The van der Waals surface area contributed by atoms with Crippen LogP contribution in [0.1, 0.15) is 20.3 Å². The minimum absolute atomic E-state index is 0.0671. The summed E-state index contributed by atoms with van der Waals surface area (Å²) >= 11 is 0. The maximum Gasteiger partial charge on any atom is 0.333 e. The summed E-state index contributed by atoms with van der Waals surface area (Å²) in [4.78, 5) is 21.4. The molecule has 0 unspecified atom stereocenters. The number of hydrogen-bond donors (Lipinski definition) is 1. The summed E-state index contributed by atoms with van der Waals surface area (Å²) in [5.74, 6) is -1.48. The summed E-state index contributed by atoms with van der Waals surface area (Å²) in [6.45, 7) is 6.64. The number of carboxylic acid groups (broad SMARTS) is 1. The van der Waals surface area contributed by atoms with Crippen LogP contribution in [0.25, 0.3) is 0 Å². The van der Waals surface area contributed by atoms with E-state index in [0.29, 0.717) is 5.57 Å². The summed E-state index contributed by atoms with van der Waals surface area (Å²) < 4.78 is 4.74. The highest BCUT2D eigenvalue weighted by atomic mass is 16.5. The number of carboxylic acids is 1. The molecule has 78 valence electrons. The first-order chi connectivity index (χ1) is 6.49. The Morgan fingerprint density at radius 3 is 2.43 bits per heavy atom. The fourth-order valence-electron chi connectivity index (χ4n) is 0.752. The quantitative estimate of drug-likeness (QED) is 0.537. The minimum atomic E-state index is -0.987. The molecule has 0 bridgehead atoms. The average molecular weight is 198 g/mol. The second-order valence-electron chi connectivity index (χ2n) is 2.79. The molecule has 0 aromatic heterocycles. The van der Waals surface area contributed by atoms with Gasteiger partial charge in [-0.05, 0) is 13.8 Å². The van der Waals surface area contributed by atoms with Gasteiger partial charge < -0.3 is 9.84 Å². The van der Waals surface area contributed by atoms with Crippen molar-refractivity contribution in [3.8, 4) is 0 Å². The van der Waals surface area contributed by atoms with Gasteiger partial charge in [0.2, 0.25) is 0 Å². The van der Waals surface area contributed by atoms with Gasteiger partial charge in [0.1, 0.15) is 0 Å². The van der Waals surface area contributed by atoms with Crippen LogP contribution in [0.3, 0.4) is 0 Å². The zero-order valence-electron chi connectivity index (χ0n) is 8.37. The van der Waals surface area contributed by atoms with Gasteiger partial charge in [0.05, 0.1) is 6.61 Å². The predicted octanol–water partition coefficient (Wildman–Crippen LogP) is 1.53. The van der Waals surface area contributed by atoms with Crippen LogP contribution in [0.5, 0.6) is 0 Å². The van der Waals surface area contributed by atoms with Crippen LogP contribution < -0.4 is 0 Å². The van der Waals surface area contributed by atoms with Crippen molar-refractivity contribution >= 4 is 11.9 Å². The van der Waals surface area contributed by atoms with Crippen molar-refractivity contribution in [2.75, 3.05) is 6.61 Å². The molecule has 0 saturated heterocycles. The maximum absolute atomic E-state index is 10.9. The van der Waals surface area contributed by atoms with Crippen LogP contribution in [0, 0.1) is 0 Å². The van der Waals surface area contributed by atoms with Gasteiger partial charge in [0, 0.05) is 17.6 Å². The van der Waals surface area contributed by atoms with Crippen molar-refractivity contribution in [2.24, 2.45) is 0 Å². The van der Waals surface area contributed by atoms with Crippen molar-refractivity contribution in [3.05, 3.63) is 23.8 Å². The van der Waals surface area contributed by atoms with Crippen LogP contribution in [0.15, 0.2) is 23.8 Å². The highest BCUT2D eigenvalue weighted by Crippen LogP contribution is 2.02. The van der Waals surface area contributed by atoms with E-state index in [4.69, 9.17) is 9.84 Å². The fourth-order valence-corrected chi connectivity index (χ4v) is 0.752. The average Bonchev–Trinajstić information content (AvgIpc) is 2.11. The number of hydrogen-bond acceptors (Lipinski definition) is 3. The summed E-state index contributed by atoms with van der Waals surface area (Å²) in [7, 11) is 0. The lowest BCUT2D eigenvalue weighted by Crippen LogP contribution is -2.09. The zero-order valence-corrected chi connectivity index (χ0v) is 8.37. The largest absolute Gasteiger partial charge is 0.478 e. The molecule has 0 aliphatic rings. The maximum atomic E-state index is 10.9. The Morgan fingerprint density at radius 1 is 1.50 bits per heavy atom. The van der Waals surface area contributed by atoms with Gasteiger partial charge in [-0.25, -0.2) is 9.59 Å². The fraction of sp³-hybridized carbons (Fsp3) is 0.400. The number of rotatable bonds is 5. The first-order valence-corrected chi connectivity index (χ1v) is 4.20. The van der Waals surface area contributed by atoms with Gasteiger partial charge in [-0.15, -0.1) is 0 Å². The van der Waals surface area contributed by atoms with Crippen LogP contribution in [0.4, 0.5) is 0 Å². The van der Waals surface area contributed by atoms with Crippen LogP contribution in [-0.4, -0.2) is 23.7 Å². The molecule has 0 aliphatic heterocycles. The molecule has 0 aromatic carbocycles. The van der Waals surface area contributed by atoms with E-state index in [-0.39, 0.29) is 18.6 Å². The van der Waals surface area contributed by atoms with Gasteiger partial charge >= 0.3 is 11.9 Å². The highest BCUT2D eigenvalue weighted by Gasteiger charge is 2.07. The zero-order chi connectivity index (χ0) is 11.1. The van der Waals surface area contributed by atoms with E-state index >= 15 is 0 Å². The first kappa shape index (κ1) is 12.4. The van der Waals surface area contributed by atoms with Crippen molar-refractivity contribution in [1.82, 2.24) is 0 Å². The molecule has 0 amide bonds. The summed E-state index contributed by atoms with van der Waals surface area (Å²) in [5.41, 5.74) is 0.543. The van der Waals surface area contributed by atoms with E-state index in [0.717, 1.165) is 0 Å². The molecule has 0 atom stereocenters. The molecule has 0 aromatic rings. The molecule has 0 spiro atoms. The lowest BCUT2D eigenvalue weighted by molar-refractivity contribution is -0.140. The molecule has 4 heteroatoms. The number of ether oxygens (including phenoxy) is 1. The molecule has 0 heterocycles. The number of carbonyl (C=O) groups is 2. The standard InChI is InChI=1S/C10H14O4/c1-4-8(9(11)12)5-6-14-10(13)7(2)3/h4H,2,5-6H2,1,3H3,(H,11,12). The second-order valence-corrected chi connectivity index (χ2v) is 2.79. The van der Waals surface area contributed by atoms with E-state index in [9.17, 15) is 9.59 Å². The first-order valence-electron chi connectivity index (χ1n) is 4.20. The lowest BCUT2D eigenvalue weighted by atomic mass is 10.2. The Hall–Kier alpha value is -1.58. The third-order valence-electron chi connectivity index (χ3n) is 1.58. The highest BCUT2D eigenvalue weighted by molar-refractivity contribution is 5.87. The normalized spacial score (nSPS) is 10.9.